The van der Waals surface area contributed by atoms with Gasteiger partial charge in [-0.05, 0) is 58.3 Å². The topological polar surface area (TPSA) is 69.8 Å². The second kappa shape index (κ2) is 9.17. The molecular weight excluding hydrogens is 338 g/mol. The van der Waals surface area contributed by atoms with Crippen molar-refractivity contribution in [1.82, 2.24) is 30.1 Å². The fraction of sp³-hybridized carbons (Fsp3) is 0.650. The third-order valence-electron chi connectivity index (χ3n) is 5.38. The summed E-state index contributed by atoms with van der Waals surface area (Å²) in [6, 6.07) is 5.97. The van der Waals surface area contributed by atoms with Gasteiger partial charge in [-0.25, -0.2) is 0 Å². The van der Waals surface area contributed by atoms with E-state index in [1.807, 2.05) is 35.8 Å². The predicted octanol–water partition coefficient (Wildman–Crippen LogP) is 2.09. The van der Waals surface area contributed by atoms with E-state index in [2.05, 4.69) is 44.6 Å². The monoisotopic (exact) mass is 371 g/mol. The van der Waals surface area contributed by atoms with Crippen molar-refractivity contribution in [2.45, 2.75) is 51.5 Å². The standard InChI is InChI=1S/C20H33N7/c1-20(2,26-13-6-4-7-14-26)16-23-19(21-3)22-12-9-11-18-25-24-17-10-5-8-15-27(17)18/h5,8,10,15H,4,6-7,9,11-14,16H2,1-3H3,(H2,21,22,23). The lowest BCUT2D eigenvalue weighted by molar-refractivity contribution is 0.0982. The highest BCUT2D eigenvalue weighted by atomic mass is 15.3. The molecule has 0 atom stereocenters. The van der Waals surface area contributed by atoms with Gasteiger partial charge in [-0.2, -0.15) is 0 Å². The summed E-state index contributed by atoms with van der Waals surface area (Å²) in [6.45, 7) is 8.77. The van der Waals surface area contributed by atoms with Gasteiger partial charge in [-0.1, -0.05) is 12.5 Å². The van der Waals surface area contributed by atoms with E-state index in [1.165, 1.54) is 32.4 Å². The average Bonchev–Trinajstić information content (AvgIpc) is 3.11. The molecule has 2 N–H and O–H groups in total. The molecule has 1 aliphatic heterocycles. The summed E-state index contributed by atoms with van der Waals surface area (Å²) in [5.41, 5.74) is 1.04. The van der Waals surface area contributed by atoms with Gasteiger partial charge in [0.15, 0.2) is 11.6 Å². The molecule has 0 aliphatic carbocycles. The van der Waals surface area contributed by atoms with Crippen LogP contribution in [0.25, 0.3) is 5.65 Å². The van der Waals surface area contributed by atoms with Gasteiger partial charge in [0, 0.05) is 38.3 Å². The van der Waals surface area contributed by atoms with Crippen LogP contribution in [0.3, 0.4) is 0 Å². The highest BCUT2D eigenvalue weighted by molar-refractivity contribution is 5.79. The Kier molecular flexibility index (Phi) is 6.66. The van der Waals surface area contributed by atoms with Gasteiger partial charge in [-0.15, -0.1) is 10.2 Å². The van der Waals surface area contributed by atoms with E-state index < -0.39 is 0 Å². The Hall–Kier alpha value is -2.15. The van der Waals surface area contributed by atoms with Crippen LogP contribution in [-0.4, -0.2) is 64.2 Å². The third kappa shape index (κ3) is 5.19. The Labute approximate surface area is 162 Å². The van der Waals surface area contributed by atoms with Gasteiger partial charge in [0.25, 0.3) is 0 Å². The number of nitrogens with one attached hydrogen (secondary N) is 2. The molecule has 1 saturated heterocycles. The largest absolute Gasteiger partial charge is 0.356 e. The first kappa shape index (κ1) is 19.6. The Bertz CT molecular complexity index is 744. The lowest BCUT2D eigenvalue weighted by Crippen LogP contribution is -2.54. The van der Waals surface area contributed by atoms with Crippen LogP contribution < -0.4 is 10.6 Å². The number of guanidine groups is 1. The smallest absolute Gasteiger partial charge is 0.191 e. The molecule has 3 rings (SSSR count). The van der Waals surface area contributed by atoms with Gasteiger partial charge in [-0.3, -0.25) is 14.3 Å². The molecule has 7 nitrogen and oxygen atoms in total. The molecule has 2 aromatic rings. The predicted molar refractivity (Wildman–Crippen MR) is 110 cm³/mol. The molecule has 2 aromatic heterocycles. The van der Waals surface area contributed by atoms with Gasteiger partial charge in [0.1, 0.15) is 5.82 Å². The quantitative estimate of drug-likeness (QED) is 0.443. The highest BCUT2D eigenvalue weighted by Crippen LogP contribution is 2.19. The van der Waals surface area contributed by atoms with Crippen molar-refractivity contribution in [2.75, 3.05) is 33.2 Å². The maximum absolute atomic E-state index is 4.36. The Balaban J connectivity index is 1.41. The van der Waals surface area contributed by atoms with Crippen molar-refractivity contribution in [3.05, 3.63) is 30.2 Å². The fourth-order valence-corrected chi connectivity index (χ4v) is 3.65. The van der Waals surface area contributed by atoms with E-state index in [1.54, 1.807) is 0 Å². The minimum atomic E-state index is 0.137. The number of piperidine rings is 1. The van der Waals surface area contributed by atoms with E-state index in [0.29, 0.717) is 0 Å². The van der Waals surface area contributed by atoms with Crippen molar-refractivity contribution < 1.29 is 0 Å². The van der Waals surface area contributed by atoms with Crippen molar-refractivity contribution in [3.63, 3.8) is 0 Å². The summed E-state index contributed by atoms with van der Waals surface area (Å²) in [4.78, 5) is 6.95. The van der Waals surface area contributed by atoms with Crippen molar-refractivity contribution in [2.24, 2.45) is 4.99 Å². The molecule has 1 aliphatic rings. The van der Waals surface area contributed by atoms with E-state index in [0.717, 1.165) is 43.4 Å². The number of aryl methyl sites for hydroxylation is 1. The van der Waals surface area contributed by atoms with Crippen LogP contribution in [0.4, 0.5) is 0 Å². The van der Waals surface area contributed by atoms with Crippen LogP contribution in [-0.2, 0) is 6.42 Å². The molecule has 0 aromatic carbocycles. The van der Waals surface area contributed by atoms with Crippen LogP contribution in [0.1, 0.15) is 45.4 Å². The van der Waals surface area contributed by atoms with E-state index >= 15 is 0 Å². The minimum Gasteiger partial charge on any atom is -0.356 e. The highest BCUT2D eigenvalue weighted by Gasteiger charge is 2.27. The summed E-state index contributed by atoms with van der Waals surface area (Å²) >= 11 is 0. The first-order valence-electron chi connectivity index (χ1n) is 10.1. The molecule has 3 heterocycles. The molecule has 0 radical (unpaired) electrons. The first-order valence-corrected chi connectivity index (χ1v) is 10.1. The molecule has 7 heteroatoms. The summed E-state index contributed by atoms with van der Waals surface area (Å²) in [5.74, 6) is 1.87. The Morgan fingerprint density at radius 1 is 1.15 bits per heavy atom. The summed E-state index contributed by atoms with van der Waals surface area (Å²) in [7, 11) is 1.83. The first-order chi connectivity index (χ1) is 13.1. The van der Waals surface area contributed by atoms with Gasteiger partial charge >= 0.3 is 0 Å². The lowest BCUT2D eigenvalue weighted by Gasteiger charge is -2.41. The van der Waals surface area contributed by atoms with Crippen molar-refractivity contribution in [3.8, 4) is 0 Å². The Morgan fingerprint density at radius 2 is 1.96 bits per heavy atom. The van der Waals surface area contributed by atoms with Crippen molar-refractivity contribution in [1.29, 1.82) is 0 Å². The van der Waals surface area contributed by atoms with Crippen LogP contribution in [0.15, 0.2) is 29.4 Å². The van der Waals surface area contributed by atoms with Gasteiger partial charge < -0.3 is 10.6 Å². The van der Waals surface area contributed by atoms with Crippen LogP contribution in [0.5, 0.6) is 0 Å². The molecule has 0 spiro atoms. The van der Waals surface area contributed by atoms with E-state index in [4.69, 9.17) is 0 Å². The zero-order valence-corrected chi connectivity index (χ0v) is 16.9. The molecule has 0 bridgehead atoms. The summed E-state index contributed by atoms with van der Waals surface area (Å²) < 4.78 is 2.05. The second-order valence-corrected chi connectivity index (χ2v) is 7.86. The number of pyridine rings is 1. The average molecular weight is 372 g/mol. The summed E-state index contributed by atoms with van der Waals surface area (Å²) in [5, 5.41) is 15.4. The van der Waals surface area contributed by atoms with E-state index in [9.17, 15) is 0 Å². The lowest BCUT2D eigenvalue weighted by atomic mass is 9.98. The molecule has 0 unspecified atom stereocenters. The molecule has 0 amide bonds. The normalized spacial score (nSPS) is 16.6. The van der Waals surface area contributed by atoms with Crippen LogP contribution in [0, 0.1) is 0 Å². The number of hydrogen-bond acceptors (Lipinski definition) is 4. The number of fused-ring (bicyclic) bond motifs is 1. The number of rotatable bonds is 7. The number of nitrogens with zero attached hydrogens (tertiary/aromatic N) is 5. The van der Waals surface area contributed by atoms with Crippen LogP contribution >= 0.6 is 0 Å². The number of aliphatic imine (C=N–C) groups is 1. The van der Waals surface area contributed by atoms with Gasteiger partial charge in [0.05, 0.1) is 0 Å². The number of hydrogen-bond donors (Lipinski definition) is 2. The Morgan fingerprint density at radius 3 is 2.74 bits per heavy atom. The van der Waals surface area contributed by atoms with Crippen LogP contribution in [0.2, 0.25) is 0 Å². The second-order valence-electron chi connectivity index (χ2n) is 7.86. The summed E-state index contributed by atoms with van der Waals surface area (Å²) in [6.07, 6.45) is 7.87. The van der Waals surface area contributed by atoms with Gasteiger partial charge in [0.2, 0.25) is 0 Å². The maximum Gasteiger partial charge on any atom is 0.191 e. The zero-order chi connectivity index (χ0) is 19.1. The third-order valence-corrected chi connectivity index (χ3v) is 5.38. The minimum absolute atomic E-state index is 0.137. The SMILES string of the molecule is CN=C(NCCCc1nnc2ccccn12)NCC(C)(C)N1CCCCC1. The molecule has 148 valence electrons. The maximum atomic E-state index is 4.36. The zero-order valence-electron chi connectivity index (χ0n) is 16.9. The number of likely N-dealkylation sites (tertiary alicyclic amines) is 1. The van der Waals surface area contributed by atoms with Crippen molar-refractivity contribution >= 4 is 11.6 Å². The number of aromatic nitrogens is 3. The van der Waals surface area contributed by atoms with E-state index in [-0.39, 0.29) is 5.54 Å². The molecule has 0 saturated carbocycles. The molecule has 1 fully saturated rings. The molecule has 27 heavy (non-hydrogen) atoms. The fourth-order valence-electron chi connectivity index (χ4n) is 3.65. The molecular formula is C20H33N7.